The van der Waals surface area contributed by atoms with Gasteiger partial charge in [0.25, 0.3) is 0 Å². The second-order valence-electron chi connectivity index (χ2n) is 4.83. The van der Waals surface area contributed by atoms with Gasteiger partial charge in [-0.1, -0.05) is 24.3 Å². The summed E-state index contributed by atoms with van der Waals surface area (Å²) in [6, 6.07) is 6.14. The van der Waals surface area contributed by atoms with Crippen molar-refractivity contribution in [2.45, 2.75) is 19.0 Å². The number of hydrogen-bond donors (Lipinski definition) is 5. The van der Waals surface area contributed by atoms with E-state index in [1.807, 2.05) is 0 Å². The van der Waals surface area contributed by atoms with E-state index < -0.39 is 20.2 Å². The van der Waals surface area contributed by atoms with Crippen molar-refractivity contribution in [2.24, 2.45) is 0 Å². The minimum absolute atomic E-state index is 0.0192. The number of rotatable bonds is 1. The summed E-state index contributed by atoms with van der Waals surface area (Å²) in [5, 5.41) is 29.8. The third-order valence-electron chi connectivity index (χ3n) is 3.51. The van der Waals surface area contributed by atoms with Crippen LogP contribution in [0, 0.1) is 0 Å². The monoisotopic (exact) mass is 312 g/mol. The minimum atomic E-state index is -4.69. The molecule has 7 nitrogen and oxygen atoms in total. The average Bonchev–Trinajstić information content (AvgIpc) is 2.36. The molecule has 0 aromatic heterocycles. The Balaban J connectivity index is 2.50. The van der Waals surface area contributed by atoms with Crippen LogP contribution in [0.15, 0.2) is 24.3 Å². The third-order valence-corrected chi connectivity index (χ3v) is 4.60. The number of ether oxygens (including phenoxy) is 1. The Morgan fingerprint density at radius 1 is 1.14 bits per heavy atom. The van der Waals surface area contributed by atoms with E-state index in [1.165, 1.54) is 12.1 Å². The van der Waals surface area contributed by atoms with Gasteiger partial charge in [0.15, 0.2) is 12.6 Å². The van der Waals surface area contributed by atoms with Crippen molar-refractivity contribution in [3.8, 4) is 5.75 Å². The molecule has 0 saturated heterocycles. The van der Waals surface area contributed by atoms with Gasteiger partial charge < -0.3 is 29.8 Å². The van der Waals surface area contributed by atoms with Gasteiger partial charge >= 0.3 is 7.60 Å². The van der Waals surface area contributed by atoms with Crippen molar-refractivity contribution in [3.05, 3.63) is 35.4 Å². The Morgan fingerprint density at radius 2 is 1.76 bits per heavy atom. The molecular formula is C13H13O7P. The van der Waals surface area contributed by atoms with Gasteiger partial charge in [-0.2, -0.15) is 0 Å². The summed E-state index contributed by atoms with van der Waals surface area (Å²) in [5.41, 5.74) is -0.0943. The molecule has 0 fully saturated rings. The molecule has 0 saturated carbocycles. The lowest BCUT2D eigenvalue weighted by Crippen LogP contribution is -2.31. The minimum Gasteiger partial charge on any atom is -0.507 e. The number of aliphatic hydroxyl groups is 2. The fourth-order valence-electron chi connectivity index (χ4n) is 2.72. The predicted molar refractivity (Wildman–Crippen MR) is 73.0 cm³/mol. The number of fused-ring (bicyclic) bond motifs is 2. The summed E-state index contributed by atoms with van der Waals surface area (Å²) in [7, 11) is -4.69. The highest BCUT2D eigenvalue weighted by molar-refractivity contribution is 7.61. The lowest BCUT2D eigenvalue weighted by atomic mass is 9.95. The van der Waals surface area contributed by atoms with Crippen molar-refractivity contribution in [1.82, 2.24) is 0 Å². The molecule has 2 aromatic rings. The summed E-state index contributed by atoms with van der Waals surface area (Å²) in [6.07, 6.45) is -3.29. The van der Waals surface area contributed by atoms with Gasteiger partial charge in [-0.25, -0.2) is 0 Å². The molecule has 8 heteroatoms. The van der Waals surface area contributed by atoms with E-state index in [9.17, 15) is 29.7 Å². The Hall–Kier alpha value is -1.47. The first-order valence-corrected chi connectivity index (χ1v) is 7.76. The molecule has 1 aliphatic heterocycles. The van der Waals surface area contributed by atoms with Crippen molar-refractivity contribution in [3.63, 3.8) is 0 Å². The van der Waals surface area contributed by atoms with E-state index in [0.29, 0.717) is 0 Å². The summed E-state index contributed by atoms with van der Waals surface area (Å²) in [4.78, 5) is 19.3. The predicted octanol–water partition coefficient (Wildman–Crippen LogP) is 0.230. The molecule has 21 heavy (non-hydrogen) atoms. The van der Waals surface area contributed by atoms with Gasteiger partial charge in [-0.15, -0.1) is 0 Å². The van der Waals surface area contributed by atoms with Gasteiger partial charge in [-0.05, 0) is 5.56 Å². The highest BCUT2D eigenvalue weighted by atomic mass is 31.2. The lowest BCUT2D eigenvalue weighted by molar-refractivity contribution is -0.219. The molecule has 0 bridgehead atoms. The molecular weight excluding hydrogens is 299 g/mol. The summed E-state index contributed by atoms with van der Waals surface area (Å²) >= 11 is 0. The lowest BCUT2D eigenvalue weighted by Gasteiger charge is -2.29. The van der Waals surface area contributed by atoms with E-state index in [-0.39, 0.29) is 39.4 Å². The Bertz CT molecular complexity index is 767. The fraction of sp³-hybridized carbons (Fsp3) is 0.231. The molecule has 3 rings (SSSR count). The molecule has 5 N–H and O–H groups in total. The number of aromatic hydroxyl groups is 1. The zero-order valence-corrected chi connectivity index (χ0v) is 11.6. The zero-order chi connectivity index (χ0) is 15.4. The summed E-state index contributed by atoms with van der Waals surface area (Å²) in [5.74, 6) is -0.308. The van der Waals surface area contributed by atoms with E-state index in [4.69, 9.17) is 4.74 Å². The topological polar surface area (TPSA) is 127 Å². The van der Waals surface area contributed by atoms with Crippen LogP contribution in [0.25, 0.3) is 10.8 Å². The SMILES string of the molecule is O=P(O)(O)c1c2c(c(O)c3ccccc13)C(O)OC(O)C2. The van der Waals surface area contributed by atoms with Gasteiger partial charge in [-0.3, -0.25) is 4.57 Å². The van der Waals surface area contributed by atoms with Crippen LogP contribution in [-0.4, -0.2) is 31.4 Å². The molecule has 1 heterocycles. The maximum Gasteiger partial charge on any atom is 0.357 e. The molecule has 0 aliphatic carbocycles. The molecule has 2 atom stereocenters. The summed E-state index contributed by atoms with van der Waals surface area (Å²) in [6.45, 7) is 0. The number of aliphatic hydroxyl groups excluding tert-OH is 2. The second kappa shape index (κ2) is 4.78. The van der Waals surface area contributed by atoms with Crippen molar-refractivity contribution >= 4 is 23.7 Å². The largest absolute Gasteiger partial charge is 0.507 e. The van der Waals surface area contributed by atoms with E-state index in [0.717, 1.165) is 0 Å². The molecule has 2 aromatic carbocycles. The normalized spacial score (nSPS) is 22.3. The van der Waals surface area contributed by atoms with Crippen LogP contribution >= 0.6 is 7.60 Å². The maximum atomic E-state index is 11.9. The average molecular weight is 312 g/mol. The third kappa shape index (κ3) is 2.24. The molecule has 112 valence electrons. The van der Waals surface area contributed by atoms with Crippen LogP contribution in [0.3, 0.4) is 0 Å². The first-order valence-electron chi connectivity index (χ1n) is 6.15. The Kier molecular flexibility index (Phi) is 3.29. The second-order valence-corrected chi connectivity index (χ2v) is 6.36. The van der Waals surface area contributed by atoms with Crippen molar-refractivity contribution in [2.75, 3.05) is 0 Å². The number of benzene rings is 2. The van der Waals surface area contributed by atoms with Crippen LogP contribution in [-0.2, 0) is 15.7 Å². The van der Waals surface area contributed by atoms with E-state index in [1.54, 1.807) is 12.1 Å². The highest BCUT2D eigenvalue weighted by Crippen LogP contribution is 2.46. The van der Waals surface area contributed by atoms with Crippen LogP contribution in [0.4, 0.5) is 0 Å². The quantitative estimate of drug-likeness (QED) is 0.477. The van der Waals surface area contributed by atoms with Crippen LogP contribution in [0.2, 0.25) is 0 Å². The van der Waals surface area contributed by atoms with Crippen molar-refractivity contribution in [1.29, 1.82) is 0 Å². The van der Waals surface area contributed by atoms with Gasteiger partial charge in [0, 0.05) is 17.2 Å². The van der Waals surface area contributed by atoms with Gasteiger partial charge in [0.2, 0.25) is 0 Å². The van der Waals surface area contributed by atoms with Crippen LogP contribution in [0.1, 0.15) is 17.4 Å². The highest BCUT2D eigenvalue weighted by Gasteiger charge is 2.36. The molecule has 1 aliphatic rings. The van der Waals surface area contributed by atoms with Gasteiger partial charge in [0.1, 0.15) is 5.75 Å². The standard InChI is InChI=1S/C13H13O7P/c14-9-5-8-10(13(16)20-9)11(15)6-3-1-2-4-7(6)12(8)21(17,18)19/h1-4,9,13-16H,5H2,(H2,17,18,19). The number of hydrogen-bond acceptors (Lipinski definition) is 5. The summed E-state index contributed by atoms with van der Waals surface area (Å²) < 4.78 is 16.7. The Labute approximate surface area is 119 Å². The smallest absolute Gasteiger partial charge is 0.357 e. The van der Waals surface area contributed by atoms with Crippen LogP contribution < -0.4 is 5.30 Å². The zero-order valence-electron chi connectivity index (χ0n) is 10.7. The molecule has 0 spiro atoms. The van der Waals surface area contributed by atoms with Gasteiger partial charge in [0.05, 0.1) is 10.9 Å². The Morgan fingerprint density at radius 3 is 2.38 bits per heavy atom. The molecule has 2 unspecified atom stereocenters. The van der Waals surface area contributed by atoms with E-state index in [2.05, 4.69) is 0 Å². The maximum absolute atomic E-state index is 11.9. The number of phenols is 1. The number of phenolic OH excluding ortho intramolecular Hbond substituents is 1. The molecule has 0 amide bonds. The molecule has 0 radical (unpaired) electrons. The van der Waals surface area contributed by atoms with Crippen molar-refractivity contribution < 1.29 is 34.4 Å². The first kappa shape index (κ1) is 14.5. The fourth-order valence-corrected chi connectivity index (χ4v) is 3.79. The van der Waals surface area contributed by atoms with E-state index >= 15 is 0 Å². The van der Waals surface area contributed by atoms with Crippen LogP contribution in [0.5, 0.6) is 5.75 Å². The first-order chi connectivity index (χ1) is 9.80.